The molecule has 3 aromatic rings. The van der Waals surface area contributed by atoms with E-state index in [0.29, 0.717) is 6.04 Å². The van der Waals surface area contributed by atoms with Crippen molar-refractivity contribution < 1.29 is 4.42 Å². The van der Waals surface area contributed by atoms with Crippen LogP contribution in [0.1, 0.15) is 47.8 Å². The Hall–Kier alpha value is -2.48. The summed E-state index contributed by atoms with van der Waals surface area (Å²) in [5.74, 6) is 2.16. The first kappa shape index (κ1) is 14.8. The maximum atomic E-state index is 6.35. The predicted molar refractivity (Wildman–Crippen MR) is 102 cm³/mol. The highest BCUT2D eigenvalue weighted by atomic mass is 16.3. The van der Waals surface area contributed by atoms with E-state index in [1.165, 1.54) is 47.2 Å². The molecule has 5 rings (SSSR count). The highest BCUT2D eigenvalue weighted by Crippen LogP contribution is 2.47. The third-order valence-electron chi connectivity index (χ3n) is 5.79. The predicted octanol–water partition coefficient (Wildman–Crippen LogP) is 5.89. The van der Waals surface area contributed by atoms with Crippen LogP contribution >= 0.6 is 0 Å². The Balaban J connectivity index is 1.75. The molecular formula is C23H23NO. The van der Waals surface area contributed by atoms with Crippen LogP contribution in [0.4, 0.5) is 5.69 Å². The van der Waals surface area contributed by atoms with Crippen LogP contribution in [0.15, 0.2) is 59.0 Å². The van der Waals surface area contributed by atoms with Gasteiger partial charge < -0.3 is 9.32 Å². The summed E-state index contributed by atoms with van der Waals surface area (Å²) in [5, 5.41) is 0. The fourth-order valence-electron chi connectivity index (χ4n) is 4.62. The molecule has 0 spiro atoms. The largest absolute Gasteiger partial charge is 0.461 e. The molecule has 25 heavy (non-hydrogen) atoms. The smallest absolute Gasteiger partial charge is 0.139 e. The second-order valence-corrected chi connectivity index (χ2v) is 7.26. The summed E-state index contributed by atoms with van der Waals surface area (Å²) in [4.78, 5) is 2.63. The van der Waals surface area contributed by atoms with Gasteiger partial charge in [0, 0.05) is 35.3 Å². The number of hydrogen-bond acceptors (Lipinski definition) is 2. The quantitative estimate of drug-likeness (QED) is 0.553. The lowest BCUT2D eigenvalue weighted by Gasteiger charge is -2.37. The lowest BCUT2D eigenvalue weighted by atomic mass is 9.90. The zero-order valence-electron chi connectivity index (χ0n) is 14.7. The van der Waals surface area contributed by atoms with Crippen molar-refractivity contribution in [2.75, 3.05) is 11.4 Å². The fraction of sp³-hybridized carbons (Fsp3) is 0.304. The minimum Gasteiger partial charge on any atom is -0.461 e. The van der Waals surface area contributed by atoms with Gasteiger partial charge in [0.05, 0.1) is 6.04 Å². The molecule has 1 fully saturated rings. The Morgan fingerprint density at radius 1 is 0.960 bits per heavy atom. The van der Waals surface area contributed by atoms with Gasteiger partial charge in [-0.1, -0.05) is 48.5 Å². The first-order valence-corrected chi connectivity index (χ1v) is 9.35. The lowest BCUT2D eigenvalue weighted by Crippen LogP contribution is -2.33. The SMILES string of the molecule is Cc1oc(-c2ccccc2)c2c1Cc1ccccc1N1CCCC[C@H]21. The minimum atomic E-state index is 0.431. The molecule has 0 unspecified atom stereocenters. The summed E-state index contributed by atoms with van der Waals surface area (Å²) in [7, 11) is 0. The Labute approximate surface area is 149 Å². The maximum Gasteiger partial charge on any atom is 0.139 e. The molecule has 2 aromatic carbocycles. The molecule has 0 radical (unpaired) electrons. The summed E-state index contributed by atoms with van der Waals surface area (Å²) in [5.41, 5.74) is 6.88. The summed E-state index contributed by atoms with van der Waals surface area (Å²) < 4.78 is 6.35. The average molecular weight is 329 g/mol. The second kappa shape index (κ2) is 5.80. The number of rotatable bonds is 1. The Morgan fingerprint density at radius 2 is 1.76 bits per heavy atom. The Bertz CT molecular complexity index is 909. The van der Waals surface area contributed by atoms with E-state index >= 15 is 0 Å². The molecule has 126 valence electrons. The van der Waals surface area contributed by atoms with Crippen LogP contribution in [0.25, 0.3) is 11.3 Å². The van der Waals surface area contributed by atoms with Crippen molar-refractivity contribution in [2.45, 2.75) is 38.6 Å². The van der Waals surface area contributed by atoms with Gasteiger partial charge in [-0.2, -0.15) is 0 Å². The van der Waals surface area contributed by atoms with Gasteiger partial charge in [0.1, 0.15) is 11.5 Å². The van der Waals surface area contributed by atoms with Crippen LogP contribution in [0, 0.1) is 6.92 Å². The van der Waals surface area contributed by atoms with E-state index in [2.05, 4.69) is 66.4 Å². The first-order valence-electron chi connectivity index (χ1n) is 9.35. The van der Waals surface area contributed by atoms with Gasteiger partial charge in [0.2, 0.25) is 0 Å². The number of piperidine rings is 1. The molecule has 2 heteroatoms. The van der Waals surface area contributed by atoms with Crippen LogP contribution in [-0.2, 0) is 6.42 Å². The van der Waals surface area contributed by atoms with Gasteiger partial charge in [0.25, 0.3) is 0 Å². The molecule has 3 heterocycles. The van der Waals surface area contributed by atoms with Crippen LogP contribution in [0.5, 0.6) is 0 Å². The van der Waals surface area contributed by atoms with Gasteiger partial charge in [-0.05, 0) is 37.8 Å². The van der Waals surface area contributed by atoms with Crippen LogP contribution in [-0.4, -0.2) is 6.54 Å². The van der Waals surface area contributed by atoms with Gasteiger partial charge in [-0.25, -0.2) is 0 Å². The Morgan fingerprint density at radius 3 is 2.64 bits per heavy atom. The van der Waals surface area contributed by atoms with Crippen molar-refractivity contribution in [1.29, 1.82) is 0 Å². The van der Waals surface area contributed by atoms with Gasteiger partial charge in [-0.15, -0.1) is 0 Å². The summed E-state index contributed by atoms with van der Waals surface area (Å²) in [6.07, 6.45) is 4.75. The highest BCUT2D eigenvalue weighted by molar-refractivity contribution is 5.70. The van der Waals surface area contributed by atoms with Crippen molar-refractivity contribution in [3.63, 3.8) is 0 Å². The monoisotopic (exact) mass is 329 g/mol. The summed E-state index contributed by atoms with van der Waals surface area (Å²) in [6.45, 7) is 3.27. The lowest BCUT2D eigenvalue weighted by molar-refractivity contribution is 0.469. The van der Waals surface area contributed by atoms with Crippen molar-refractivity contribution in [1.82, 2.24) is 0 Å². The maximum absolute atomic E-state index is 6.35. The standard InChI is InChI=1S/C23H23NO/c1-16-19-15-18-11-5-6-12-20(18)24-14-8-7-13-21(24)22(19)23(25-16)17-9-3-2-4-10-17/h2-6,9-12,21H,7-8,13-15H2,1H3/t21-/m1/s1. The summed E-state index contributed by atoms with van der Waals surface area (Å²) >= 11 is 0. The van der Waals surface area contributed by atoms with Crippen molar-refractivity contribution >= 4 is 5.69 Å². The van der Waals surface area contributed by atoms with E-state index in [1.54, 1.807) is 0 Å². The van der Waals surface area contributed by atoms with E-state index in [0.717, 1.165) is 24.5 Å². The van der Waals surface area contributed by atoms with E-state index in [9.17, 15) is 0 Å². The topological polar surface area (TPSA) is 16.4 Å². The molecule has 0 aliphatic carbocycles. The van der Waals surface area contributed by atoms with Crippen LogP contribution in [0.2, 0.25) is 0 Å². The summed E-state index contributed by atoms with van der Waals surface area (Å²) in [6, 6.07) is 20.0. The molecule has 1 atom stereocenters. The van der Waals surface area contributed by atoms with Crippen molar-refractivity contribution in [3.8, 4) is 11.3 Å². The van der Waals surface area contributed by atoms with Gasteiger partial charge in [-0.3, -0.25) is 0 Å². The van der Waals surface area contributed by atoms with E-state index in [4.69, 9.17) is 4.42 Å². The number of hydrogen-bond donors (Lipinski definition) is 0. The first-order chi connectivity index (χ1) is 12.3. The van der Waals surface area contributed by atoms with Gasteiger partial charge in [0.15, 0.2) is 0 Å². The number of nitrogens with zero attached hydrogens (tertiary/aromatic N) is 1. The number of fused-ring (bicyclic) bond motifs is 5. The third kappa shape index (κ3) is 2.31. The molecular weight excluding hydrogens is 306 g/mol. The number of anilines is 1. The zero-order chi connectivity index (χ0) is 16.8. The molecule has 2 nitrogen and oxygen atoms in total. The molecule has 0 saturated carbocycles. The van der Waals surface area contributed by atoms with E-state index in [1.807, 2.05) is 0 Å². The second-order valence-electron chi connectivity index (χ2n) is 7.26. The fourth-order valence-corrected chi connectivity index (χ4v) is 4.62. The molecule has 1 aromatic heterocycles. The normalized spacial score (nSPS) is 18.9. The molecule has 0 N–H and O–H groups in total. The molecule has 1 saturated heterocycles. The molecule has 0 bridgehead atoms. The zero-order valence-corrected chi connectivity index (χ0v) is 14.7. The van der Waals surface area contributed by atoms with Crippen LogP contribution in [0.3, 0.4) is 0 Å². The Kier molecular flexibility index (Phi) is 3.44. The minimum absolute atomic E-state index is 0.431. The molecule has 2 aliphatic rings. The number of furan rings is 1. The highest BCUT2D eigenvalue weighted by Gasteiger charge is 2.35. The van der Waals surface area contributed by atoms with Gasteiger partial charge >= 0.3 is 0 Å². The molecule has 0 amide bonds. The number of aryl methyl sites for hydroxylation is 1. The van der Waals surface area contributed by atoms with E-state index < -0.39 is 0 Å². The third-order valence-corrected chi connectivity index (χ3v) is 5.79. The average Bonchev–Trinajstić information content (AvgIpc) is 2.91. The molecule has 2 aliphatic heterocycles. The van der Waals surface area contributed by atoms with Crippen molar-refractivity contribution in [3.05, 3.63) is 77.0 Å². The number of para-hydroxylation sites is 1. The van der Waals surface area contributed by atoms with Crippen LogP contribution < -0.4 is 4.90 Å². The van der Waals surface area contributed by atoms with E-state index in [-0.39, 0.29) is 0 Å². The number of benzene rings is 2. The van der Waals surface area contributed by atoms with Crippen molar-refractivity contribution in [2.24, 2.45) is 0 Å².